The van der Waals surface area contributed by atoms with Crippen molar-refractivity contribution in [2.45, 2.75) is 18.9 Å². The average Bonchev–Trinajstić information content (AvgIpc) is 3.52. The molecule has 1 fully saturated rings. The smallest absolute Gasteiger partial charge is 0.317 e. The van der Waals surface area contributed by atoms with E-state index in [1.54, 1.807) is 30.3 Å². The molecule has 0 radical (unpaired) electrons. The van der Waals surface area contributed by atoms with Gasteiger partial charge in [0.15, 0.2) is 5.82 Å². The number of hydrogen-bond acceptors (Lipinski definition) is 8. The van der Waals surface area contributed by atoms with Crippen LogP contribution in [-0.4, -0.2) is 51.3 Å². The van der Waals surface area contributed by atoms with Crippen LogP contribution in [-0.2, 0) is 15.1 Å². The molecule has 0 aromatic carbocycles. The van der Waals surface area contributed by atoms with E-state index in [0.717, 1.165) is 16.6 Å². The van der Waals surface area contributed by atoms with Gasteiger partial charge in [0.1, 0.15) is 23.4 Å². The summed E-state index contributed by atoms with van der Waals surface area (Å²) in [5, 5.41) is 11.8. The third-order valence-electron chi connectivity index (χ3n) is 5.54. The molecule has 1 atom stereocenters. The number of anilines is 1. The zero-order valence-corrected chi connectivity index (χ0v) is 17.5. The largest absolute Gasteiger partial charge is 0.378 e. The van der Waals surface area contributed by atoms with Crippen molar-refractivity contribution in [3.63, 3.8) is 0 Å². The van der Waals surface area contributed by atoms with Crippen molar-refractivity contribution >= 4 is 22.8 Å². The van der Waals surface area contributed by atoms with Crippen molar-refractivity contribution in [2.75, 3.05) is 25.6 Å². The Labute approximate surface area is 182 Å². The van der Waals surface area contributed by atoms with E-state index in [-0.39, 0.29) is 0 Å². The average molecular weight is 435 g/mol. The third kappa shape index (κ3) is 3.37. The van der Waals surface area contributed by atoms with Gasteiger partial charge in [-0.15, -0.1) is 0 Å². The van der Waals surface area contributed by atoms with Crippen LogP contribution < -0.4 is 11.1 Å². The van der Waals surface area contributed by atoms with Gasteiger partial charge in [0.05, 0.1) is 29.6 Å². The Balaban J connectivity index is 1.72. The zero-order chi connectivity index (χ0) is 22.3. The highest BCUT2D eigenvalue weighted by atomic mass is 16.5. The summed E-state index contributed by atoms with van der Waals surface area (Å²) in [6, 6.07) is 4.91. The Bertz CT molecular complexity index is 1290. The van der Waals surface area contributed by atoms with Crippen molar-refractivity contribution < 1.29 is 18.8 Å². The van der Waals surface area contributed by atoms with Gasteiger partial charge in [-0.2, -0.15) is 5.10 Å². The molecule has 164 valence electrons. The molecule has 1 saturated heterocycles. The van der Waals surface area contributed by atoms with E-state index >= 15 is 0 Å². The molecule has 0 saturated carbocycles. The number of rotatable bonds is 5. The van der Waals surface area contributed by atoms with Gasteiger partial charge in [-0.05, 0) is 24.6 Å². The van der Waals surface area contributed by atoms with Crippen LogP contribution in [0.25, 0.3) is 28.0 Å². The molecule has 3 N–H and O–H groups in total. The predicted octanol–water partition coefficient (Wildman–Crippen LogP) is 2.53. The number of ether oxygens (including phenoxy) is 2. The van der Waals surface area contributed by atoms with Crippen LogP contribution in [0.4, 0.5) is 10.6 Å². The maximum atomic E-state index is 11.3. The lowest BCUT2D eigenvalue weighted by molar-refractivity contribution is -0.0246. The lowest BCUT2D eigenvalue weighted by Gasteiger charge is -2.26. The summed E-state index contributed by atoms with van der Waals surface area (Å²) in [6.07, 6.45) is 5.41. The van der Waals surface area contributed by atoms with Crippen molar-refractivity contribution in [2.24, 2.45) is 5.73 Å². The first-order chi connectivity index (χ1) is 15.5. The Morgan fingerprint density at radius 2 is 2.19 bits per heavy atom. The SMILES string of the molecule is CO[C@@]1(c2cc(C)cc(-n3nc(-c4cnoc4)c4cnc(NC(N)=O)cc43)n2)CCOC1. The predicted molar refractivity (Wildman–Crippen MR) is 114 cm³/mol. The summed E-state index contributed by atoms with van der Waals surface area (Å²) in [7, 11) is 1.67. The number of nitrogens with two attached hydrogens (primary N) is 1. The van der Waals surface area contributed by atoms with Gasteiger partial charge in [0.25, 0.3) is 0 Å². The molecule has 2 amide bonds. The summed E-state index contributed by atoms with van der Waals surface area (Å²) >= 11 is 0. The number of nitrogens with one attached hydrogen (secondary N) is 1. The lowest BCUT2D eigenvalue weighted by atomic mass is 9.97. The monoisotopic (exact) mass is 435 g/mol. The number of aryl methyl sites for hydroxylation is 1. The van der Waals surface area contributed by atoms with Crippen molar-refractivity contribution in [1.29, 1.82) is 0 Å². The van der Waals surface area contributed by atoms with E-state index in [1.807, 2.05) is 19.1 Å². The molecule has 11 heteroatoms. The van der Waals surface area contributed by atoms with Gasteiger partial charge in [-0.25, -0.2) is 19.4 Å². The van der Waals surface area contributed by atoms with Crippen LogP contribution in [0.15, 0.2) is 41.4 Å². The van der Waals surface area contributed by atoms with E-state index < -0.39 is 11.6 Å². The van der Waals surface area contributed by atoms with E-state index in [1.165, 1.54) is 6.26 Å². The Morgan fingerprint density at radius 3 is 2.88 bits per heavy atom. The van der Waals surface area contributed by atoms with Crippen LogP contribution in [0.3, 0.4) is 0 Å². The number of fused-ring (bicyclic) bond motifs is 1. The number of methoxy groups -OCH3 is 1. The fourth-order valence-corrected chi connectivity index (χ4v) is 3.92. The molecule has 0 unspecified atom stereocenters. The van der Waals surface area contributed by atoms with E-state index in [9.17, 15) is 4.79 Å². The number of nitrogens with zero attached hydrogens (tertiary/aromatic N) is 5. The van der Waals surface area contributed by atoms with Crippen LogP contribution in [0.2, 0.25) is 0 Å². The Morgan fingerprint density at radius 1 is 1.31 bits per heavy atom. The molecule has 4 aromatic rings. The second-order valence-corrected chi connectivity index (χ2v) is 7.64. The number of pyridine rings is 2. The Kier molecular flexibility index (Phi) is 4.83. The molecular weight excluding hydrogens is 414 g/mol. The first kappa shape index (κ1) is 20.1. The van der Waals surface area contributed by atoms with Gasteiger partial charge < -0.3 is 19.7 Å². The highest BCUT2D eigenvalue weighted by Crippen LogP contribution is 2.35. The molecule has 1 aliphatic heterocycles. The number of urea groups is 1. The molecule has 32 heavy (non-hydrogen) atoms. The van der Waals surface area contributed by atoms with Gasteiger partial charge in [-0.3, -0.25) is 5.32 Å². The minimum atomic E-state index is -0.707. The first-order valence-electron chi connectivity index (χ1n) is 9.96. The summed E-state index contributed by atoms with van der Waals surface area (Å²) in [5.74, 6) is 0.890. The molecule has 0 bridgehead atoms. The number of carbonyl (C=O) groups excluding carboxylic acids is 1. The van der Waals surface area contributed by atoms with E-state index in [4.69, 9.17) is 29.8 Å². The van der Waals surface area contributed by atoms with Gasteiger partial charge in [0.2, 0.25) is 0 Å². The Hall–Kier alpha value is -3.83. The highest BCUT2D eigenvalue weighted by molar-refractivity contribution is 5.96. The van der Waals surface area contributed by atoms with Gasteiger partial charge in [-0.1, -0.05) is 5.16 Å². The topological polar surface area (TPSA) is 143 Å². The third-order valence-corrected chi connectivity index (χ3v) is 5.54. The molecule has 0 aliphatic carbocycles. The fourth-order valence-electron chi connectivity index (χ4n) is 3.92. The van der Waals surface area contributed by atoms with Gasteiger partial charge in [0, 0.05) is 37.8 Å². The maximum absolute atomic E-state index is 11.3. The summed E-state index contributed by atoms with van der Waals surface area (Å²) < 4.78 is 18.1. The summed E-state index contributed by atoms with van der Waals surface area (Å²) in [6.45, 7) is 3.03. The fraction of sp³-hybridized carbons (Fsp3) is 0.286. The standard InChI is InChI=1S/C21H21N7O4/c1-12-5-16(21(30-2)3-4-31-11-21)25-18(6-12)28-15-7-17(26-20(22)29)23-9-14(15)19(27-28)13-8-24-32-10-13/h5-10H,3-4,11H2,1-2H3,(H3,22,23,26,29)/t21-/m0/s1. The number of aromatic nitrogens is 5. The quantitative estimate of drug-likeness (QED) is 0.487. The van der Waals surface area contributed by atoms with E-state index in [2.05, 4.69) is 15.5 Å². The van der Waals surface area contributed by atoms with Crippen LogP contribution in [0.1, 0.15) is 17.7 Å². The molecule has 0 spiro atoms. The minimum Gasteiger partial charge on any atom is -0.378 e. The second-order valence-electron chi connectivity index (χ2n) is 7.64. The molecule has 5 heterocycles. The molecule has 11 nitrogen and oxygen atoms in total. The number of amides is 2. The van der Waals surface area contributed by atoms with Crippen LogP contribution in [0, 0.1) is 6.92 Å². The summed E-state index contributed by atoms with van der Waals surface area (Å²) in [4.78, 5) is 20.5. The molecule has 5 rings (SSSR count). The van der Waals surface area contributed by atoms with Crippen LogP contribution >= 0.6 is 0 Å². The normalized spacial score (nSPS) is 18.3. The highest BCUT2D eigenvalue weighted by Gasteiger charge is 2.38. The number of hydrogen-bond donors (Lipinski definition) is 2. The maximum Gasteiger partial charge on any atom is 0.317 e. The number of primary amides is 1. The molecule has 1 aliphatic rings. The van der Waals surface area contributed by atoms with Crippen LogP contribution in [0.5, 0.6) is 0 Å². The second kappa shape index (κ2) is 7.70. The minimum absolute atomic E-state index is 0.299. The van der Waals surface area contributed by atoms with Crippen molar-refractivity contribution in [1.82, 2.24) is 24.9 Å². The van der Waals surface area contributed by atoms with E-state index in [0.29, 0.717) is 48.0 Å². The van der Waals surface area contributed by atoms with Gasteiger partial charge >= 0.3 is 6.03 Å². The summed E-state index contributed by atoms with van der Waals surface area (Å²) in [5.41, 5.74) is 8.41. The lowest BCUT2D eigenvalue weighted by Crippen LogP contribution is -2.30. The van der Waals surface area contributed by atoms with Crippen molar-refractivity contribution in [3.8, 4) is 17.1 Å². The zero-order valence-electron chi connectivity index (χ0n) is 17.5. The van der Waals surface area contributed by atoms with Crippen molar-refractivity contribution in [3.05, 3.63) is 48.1 Å². The number of carbonyl (C=O) groups is 1. The first-order valence-corrected chi connectivity index (χ1v) is 9.96. The molecule has 4 aromatic heterocycles. The molecular formula is C21H21N7O4.